The Morgan fingerprint density at radius 1 is 1.04 bits per heavy atom. The van der Waals surface area contributed by atoms with Crippen LogP contribution in [0, 0.1) is 0 Å². The minimum atomic E-state index is -0.325. The maximum Gasteiger partial charge on any atom is 0.262 e. The predicted molar refractivity (Wildman–Crippen MR) is 102 cm³/mol. The summed E-state index contributed by atoms with van der Waals surface area (Å²) in [6, 6.07) is 10.5. The average Bonchev–Trinajstić information content (AvgIpc) is 2.57. The first-order valence-corrected chi connectivity index (χ1v) is 8.98. The van der Waals surface area contributed by atoms with Crippen LogP contribution in [0.3, 0.4) is 0 Å². The van der Waals surface area contributed by atoms with Crippen molar-refractivity contribution in [2.24, 2.45) is 0 Å². The minimum Gasteiger partial charge on any atom is -0.494 e. The van der Waals surface area contributed by atoms with Crippen molar-refractivity contribution in [1.29, 1.82) is 0 Å². The van der Waals surface area contributed by atoms with Crippen molar-refractivity contribution in [1.82, 2.24) is 0 Å². The topological polar surface area (TPSA) is 56.8 Å². The van der Waals surface area contributed by atoms with E-state index in [0.717, 1.165) is 4.47 Å². The highest BCUT2D eigenvalue weighted by molar-refractivity contribution is 9.10. The molecule has 134 valence electrons. The van der Waals surface area contributed by atoms with E-state index in [1.807, 2.05) is 13.8 Å². The molecule has 0 saturated heterocycles. The van der Waals surface area contributed by atoms with Gasteiger partial charge in [0.05, 0.1) is 23.9 Å². The number of carbonyl (C=O) groups is 1. The number of ether oxygens (including phenoxy) is 3. The van der Waals surface area contributed by atoms with Crippen LogP contribution in [0.5, 0.6) is 17.2 Å². The number of hydrogen-bond donors (Lipinski definition) is 1. The second-order valence-electron chi connectivity index (χ2n) is 4.94. The highest BCUT2D eigenvalue weighted by Gasteiger charge is 2.11. The summed E-state index contributed by atoms with van der Waals surface area (Å²) in [5, 5.41) is 3.20. The van der Waals surface area contributed by atoms with Crippen LogP contribution in [0.2, 0.25) is 5.02 Å². The molecule has 0 unspecified atom stereocenters. The number of carbonyl (C=O) groups excluding carboxylic acids is 1. The number of benzene rings is 2. The van der Waals surface area contributed by atoms with E-state index in [2.05, 4.69) is 21.2 Å². The molecule has 0 aliphatic heterocycles. The van der Waals surface area contributed by atoms with Gasteiger partial charge >= 0.3 is 0 Å². The van der Waals surface area contributed by atoms with Gasteiger partial charge in [-0.25, -0.2) is 0 Å². The normalized spacial score (nSPS) is 10.2. The van der Waals surface area contributed by atoms with Gasteiger partial charge in [0.25, 0.3) is 5.91 Å². The molecule has 0 saturated carbocycles. The molecule has 0 bridgehead atoms. The molecule has 25 heavy (non-hydrogen) atoms. The van der Waals surface area contributed by atoms with Crippen molar-refractivity contribution in [2.75, 3.05) is 25.1 Å². The zero-order valence-corrected chi connectivity index (χ0v) is 16.3. The van der Waals surface area contributed by atoms with Crippen molar-refractivity contribution in [3.05, 3.63) is 45.9 Å². The average molecular weight is 429 g/mol. The van der Waals surface area contributed by atoms with Gasteiger partial charge in [-0.1, -0.05) is 27.5 Å². The Kier molecular flexibility index (Phi) is 7.40. The molecule has 0 spiro atoms. The Morgan fingerprint density at radius 3 is 2.44 bits per heavy atom. The lowest BCUT2D eigenvalue weighted by molar-refractivity contribution is -0.118. The second kappa shape index (κ2) is 9.53. The molecule has 5 nitrogen and oxygen atoms in total. The van der Waals surface area contributed by atoms with E-state index in [1.165, 1.54) is 0 Å². The van der Waals surface area contributed by atoms with Gasteiger partial charge in [0.15, 0.2) is 6.61 Å². The Bertz CT molecular complexity index is 739. The maximum absolute atomic E-state index is 12.2. The standard InChI is InChI=1S/C18H19BrClNO4/c1-3-23-13-6-8-17(24-4-2)15(10-13)21-18(22)11-25-16-7-5-12(19)9-14(16)20/h5-10H,3-4,11H2,1-2H3,(H,21,22). The lowest BCUT2D eigenvalue weighted by Gasteiger charge is -2.14. The lowest BCUT2D eigenvalue weighted by Crippen LogP contribution is -2.20. The molecule has 0 aliphatic rings. The quantitative estimate of drug-likeness (QED) is 0.648. The van der Waals surface area contributed by atoms with E-state index in [-0.39, 0.29) is 12.5 Å². The first kappa shape index (κ1) is 19.4. The number of anilines is 1. The molecule has 2 aromatic carbocycles. The van der Waals surface area contributed by atoms with Crippen LogP contribution in [0.15, 0.2) is 40.9 Å². The third-order valence-corrected chi connectivity index (χ3v) is 3.88. The highest BCUT2D eigenvalue weighted by Crippen LogP contribution is 2.30. The summed E-state index contributed by atoms with van der Waals surface area (Å²) in [6.07, 6.45) is 0. The monoisotopic (exact) mass is 427 g/mol. The zero-order valence-electron chi connectivity index (χ0n) is 14.0. The highest BCUT2D eigenvalue weighted by atomic mass is 79.9. The second-order valence-corrected chi connectivity index (χ2v) is 6.26. The molecule has 7 heteroatoms. The van der Waals surface area contributed by atoms with Crippen molar-refractivity contribution < 1.29 is 19.0 Å². The fourth-order valence-corrected chi connectivity index (χ4v) is 2.79. The number of halogens is 2. The van der Waals surface area contributed by atoms with Gasteiger partial charge < -0.3 is 19.5 Å². The molecule has 0 atom stereocenters. The Hall–Kier alpha value is -1.92. The van der Waals surface area contributed by atoms with Gasteiger partial charge in [0.2, 0.25) is 0 Å². The molecule has 0 radical (unpaired) electrons. The molecular weight excluding hydrogens is 410 g/mol. The Labute approximate surface area is 160 Å². The van der Waals surface area contributed by atoms with E-state index in [0.29, 0.717) is 41.2 Å². The number of hydrogen-bond acceptors (Lipinski definition) is 4. The maximum atomic E-state index is 12.2. The molecule has 1 N–H and O–H groups in total. The van der Waals surface area contributed by atoms with E-state index in [1.54, 1.807) is 36.4 Å². The van der Waals surface area contributed by atoms with Crippen LogP contribution in [0.1, 0.15) is 13.8 Å². The number of amides is 1. The van der Waals surface area contributed by atoms with Crippen molar-refractivity contribution >= 4 is 39.1 Å². The van der Waals surface area contributed by atoms with E-state index >= 15 is 0 Å². The largest absolute Gasteiger partial charge is 0.494 e. The van der Waals surface area contributed by atoms with Crippen molar-refractivity contribution in [3.8, 4) is 17.2 Å². The van der Waals surface area contributed by atoms with Gasteiger partial charge in [-0.15, -0.1) is 0 Å². The fraction of sp³-hybridized carbons (Fsp3) is 0.278. The predicted octanol–water partition coefficient (Wildman–Crippen LogP) is 4.92. The Morgan fingerprint density at radius 2 is 1.76 bits per heavy atom. The first-order chi connectivity index (χ1) is 12.0. The number of nitrogens with one attached hydrogen (secondary N) is 1. The summed E-state index contributed by atoms with van der Waals surface area (Å²) < 4.78 is 17.3. The summed E-state index contributed by atoms with van der Waals surface area (Å²) in [4.78, 5) is 12.2. The molecule has 0 aromatic heterocycles. The van der Waals surface area contributed by atoms with Crippen LogP contribution in [0.4, 0.5) is 5.69 Å². The zero-order chi connectivity index (χ0) is 18.2. The van der Waals surface area contributed by atoms with Crippen molar-refractivity contribution in [3.63, 3.8) is 0 Å². The van der Waals surface area contributed by atoms with Gasteiger partial charge in [-0.3, -0.25) is 4.79 Å². The smallest absolute Gasteiger partial charge is 0.262 e. The van der Waals surface area contributed by atoms with Crippen LogP contribution in [0.25, 0.3) is 0 Å². The Balaban J connectivity index is 2.04. The number of rotatable bonds is 8. The molecule has 0 heterocycles. The molecule has 2 rings (SSSR count). The SMILES string of the molecule is CCOc1ccc(OCC)c(NC(=O)COc2ccc(Br)cc2Cl)c1. The third-order valence-electron chi connectivity index (χ3n) is 3.09. The van der Waals surface area contributed by atoms with E-state index in [9.17, 15) is 4.79 Å². The molecule has 0 aliphatic carbocycles. The summed E-state index contributed by atoms with van der Waals surface area (Å²) in [5.74, 6) is 1.33. The summed E-state index contributed by atoms with van der Waals surface area (Å²) in [6.45, 7) is 4.62. The van der Waals surface area contributed by atoms with E-state index < -0.39 is 0 Å². The third kappa shape index (κ3) is 5.83. The lowest BCUT2D eigenvalue weighted by atomic mass is 10.2. The van der Waals surface area contributed by atoms with Crippen molar-refractivity contribution in [2.45, 2.75) is 13.8 Å². The summed E-state index contributed by atoms with van der Waals surface area (Å²) in [5.41, 5.74) is 0.531. The van der Waals surface area contributed by atoms with Gasteiger partial charge in [-0.2, -0.15) is 0 Å². The van der Waals surface area contributed by atoms with Gasteiger partial charge in [0.1, 0.15) is 17.2 Å². The molecule has 2 aromatic rings. The molecule has 1 amide bonds. The van der Waals surface area contributed by atoms with Crippen LogP contribution >= 0.6 is 27.5 Å². The van der Waals surface area contributed by atoms with Gasteiger partial charge in [0, 0.05) is 10.5 Å². The summed E-state index contributed by atoms with van der Waals surface area (Å²) in [7, 11) is 0. The molecular formula is C18H19BrClNO4. The van der Waals surface area contributed by atoms with Crippen LogP contribution in [-0.4, -0.2) is 25.7 Å². The summed E-state index contributed by atoms with van der Waals surface area (Å²) >= 11 is 9.39. The van der Waals surface area contributed by atoms with Gasteiger partial charge in [-0.05, 0) is 44.2 Å². The first-order valence-electron chi connectivity index (χ1n) is 7.80. The van der Waals surface area contributed by atoms with E-state index in [4.69, 9.17) is 25.8 Å². The van der Waals surface area contributed by atoms with Crippen LogP contribution < -0.4 is 19.5 Å². The minimum absolute atomic E-state index is 0.175. The fourth-order valence-electron chi connectivity index (χ4n) is 2.07. The molecule has 0 fully saturated rings. The van der Waals surface area contributed by atoms with Crippen LogP contribution in [-0.2, 0) is 4.79 Å².